The van der Waals surface area contributed by atoms with Crippen molar-refractivity contribution in [2.45, 2.75) is 129 Å². The van der Waals surface area contributed by atoms with Crippen LogP contribution in [-0.2, 0) is 32.7 Å². The first-order valence-electron chi connectivity index (χ1n) is 15.3. The van der Waals surface area contributed by atoms with E-state index in [1.54, 1.807) is 0 Å². The molecule has 0 saturated carbocycles. The topological polar surface area (TPSA) is 149 Å². The monoisotopic (exact) mass is 606 g/mol. The fourth-order valence-corrected chi connectivity index (χ4v) is 4.52. The summed E-state index contributed by atoms with van der Waals surface area (Å²) < 4.78 is 32.0. The number of aliphatic hydroxyl groups excluding tert-OH is 2. The van der Waals surface area contributed by atoms with Gasteiger partial charge in [0.1, 0.15) is 12.2 Å². The SMILES string of the molecule is CCC/C=C\C/C=C\CCCCCCCC(=O)OC(CO)COP(=O)(O)OCC(CO)OC(=O)CCCCCCC. The number of rotatable bonds is 28. The lowest BCUT2D eigenvalue weighted by atomic mass is 10.1. The van der Waals surface area contributed by atoms with E-state index in [1.807, 2.05) is 0 Å². The van der Waals surface area contributed by atoms with Gasteiger partial charge in [0.05, 0.1) is 26.4 Å². The fraction of sp³-hybridized carbons (Fsp3) is 0.800. The van der Waals surface area contributed by atoms with Crippen molar-refractivity contribution in [3.8, 4) is 0 Å². The van der Waals surface area contributed by atoms with Crippen molar-refractivity contribution in [1.82, 2.24) is 0 Å². The largest absolute Gasteiger partial charge is 0.472 e. The predicted octanol–water partition coefficient (Wildman–Crippen LogP) is 6.32. The van der Waals surface area contributed by atoms with Gasteiger partial charge in [0.2, 0.25) is 0 Å². The molecule has 0 radical (unpaired) electrons. The van der Waals surface area contributed by atoms with Gasteiger partial charge in [-0.25, -0.2) is 4.57 Å². The zero-order chi connectivity index (χ0) is 30.6. The minimum atomic E-state index is -4.61. The molecule has 41 heavy (non-hydrogen) atoms. The van der Waals surface area contributed by atoms with Crippen molar-refractivity contribution < 1.29 is 47.8 Å². The highest BCUT2D eigenvalue weighted by Crippen LogP contribution is 2.43. The third-order valence-electron chi connectivity index (χ3n) is 6.15. The van der Waals surface area contributed by atoms with Gasteiger partial charge >= 0.3 is 19.8 Å². The highest BCUT2D eigenvalue weighted by atomic mass is 31.2. The van der Waals surface area contributed by atoms with Gasteiger partial charge < -0.3 is 24.6 Å². The van der Waals surface area contributed by atoms with Gasteiger partial charge in [-0.05, 0) is 38.5 Å². The van der Waals surface area contributed by atoms with Crippen LogP contribution in [0.4, 0.5) is 0 Å². The lowest BCUT2D eigenvalue weighted by Crippen LogP contribution is -2.28. The molecule has 0 aliphatic heterocycles. The molecule has 0 aliphatic carbocycles. The molecule has 11 heteroatoms. The number of phosphoric ester groups is 1. The molecule has 3 atom stereocenters. The average molecular weight is 607 g/mol. The molecule has 3 unspecified atom stereocenters. The summed E-state index contributed by atoms with van der Waals surface area (Å²) in [5, 5.41) is 18.9. The number of aliphatic hydroxyl groups is 2. The molecule has 0 spiro atoms. The first kappa shape index (κ1) is 39.5. The Bertz CT molecular complexity index is 756. The number of ether oxygens (including phenoxy) is 2. The zero-order valence-electron chi connectivity index (χ0n) is 25.3. The molecule has 240 valence electrons. The number of allylic oxidation sites excluding steroid dienone is 4. The highest BCUT2D eigenvalue weighted by molar-refractivity contribution is 7.47. The van der Waals surface area contributed by atoms with Crippen LogP contribution in [0.15, 0.2) is 24.3 Å². The van der Waals surface area contributed by atoms with E-state index < -0.39 is 58.4 Å². The molecule has 0 aromatic heterocycles. The van der Waals surface area contributed by atoms with E-state index in [4.69, 9.17) is 18.5 Å². The van der Waals surface area contributed by atoms with Crippen LogP contribution in [0.1, 0.15) is 117 Å². The summed E-state index contributed by atoms with van der Waals surface area (Å²) >= 11 is 0. The molecule has 0 aromatic carbocycles. The second kappa shape index (κ2) is 27.3. The number of unbranched alkanes of at least 4 members (excludes halogenated alkanes) is 10. The smallest absolute Gasteiger partial charge is 0.457 e. The maximum absolute atomic E-state index is 12.2. The van der Waals surface area contributed by atoms with Crippen LogP contribution in [0, 0.1) is 0 Å². The number of phosphoric acid groups is 1. The quantitative estimate of drug-likeness (QED) is 0.0400. The van der Waals surface area contributed by atoms with Crippen molar-refractivity contribution in [3.63, 3.8) is 0 Å². The van der Waals surface area contributed by atoms with Gasteiger partial charge in [-0.15, -0.1) is 0 Å². The molecule has 3 N–H and O–H groups in total. The van der Waals surface area contributed by atoms with Crippen molar-refractivity contribution in [3.05, 3.63) is 24.3 Å². The molecule has 0 aliphatic rings. The Labute approximate surface area is 247 Å². The zero-order valence-corrected chi connectivity index (χ0v) is 26.1. The highest BCUT2D eigenvalue weighted by Gasteiger charge is 2.27. The molecule has 0 amide bonds. The van der Waals surface area contributed by atoms with Gasteiger partial charge in [0.25, 0.3) is 0 Å². The Morgan fingerprint density at radius 1 is 0.659 bits per heavy atom. The van der Waals surface area contributed by atoms with E-state index >= 15 is 0 Å². The van der Waals surface area contributed by atoms with Crippen LogP contribution in [0.25, 0.3) is 0 Å². The lowest BCUT2D eigenvalue weighted by Gasteiger charge is -2.20. The number of carbonyl (C=O) groups excluding carboxylic acids is 2. The summed E-state index contributed by atoms with van der Waals surface area (Å²) in [6.07, 6.45) is 20.7. The molecule has 0 aromatic rings. The van der Waals surface area contributed by atoms with Crippen molar-refractivity contribution in [2.75, 3.05) is 26.4 Å². The first-order chi connectivity index (χ1) is 19.8. The minimum absolute atomic E-state index is 0.177. The molecular formula is C30H55O10P. The van der Waals surface area contributed by atoms with Crippen molar-refractivity contribution in [1.29, 1.82) is 0 Å². The standard InChI is InChI=1S/C30H55O10P/c1-3-5-7-9-10-11-12-13-14-15-16-18-20-22-30(34)40-28(24-32)26-38-41(35,36)37-25-27(23-31)39-29(33)21-19-17-8-6-4-2/h7,9,11-12,27-28,31-32H,3-6,8,10,13-26H2,1-2H3,(H,35,36)/b9-7-,12-11-. The second-order valence-electron chi connectivity index (χ2n) is 10.1. The minimum Gasteiger partial charge on any atom is -0.457 e. The van der Waals surface area contributed by atoms with Gasteiger partial charge in [0.15, 0.2) is 0 Å². The summed E-state index contributed by atoms with van der Waals surface area (Å²) in [4.78, 5) is 33.9. The Kier molecular flexibility index (Phi) is 26.3. The van der Waals surface area contributed by atoms with E-state index in [9.17, 15) is 29.3 Å². The third kappa shape index (κ3) is 25.9. The van der Waals surface area contributed by atoms with Crippen LogP contribution >= 0.6 is 7.82 Å². The molecular weight excluding hydrogens is 551 g/mol. The van der Waals surface area contributed by atoms with E-state index in [2.05, 4.69) is 38.2 Å². The summed E-state index contributed by atoms with van der Waals surface area (Å²) in [5.74, 6) is -1.05. The summed E-state index contributed by atoms with van der Waals surface area (Å²) in [6, 6.07) is 0. The van der Waals surface area contributed by atoms with Crippen LogP contribution in [0.5, 0.6) is 0 Å². The number of esters is 2. The Hall–Kier alpha value is -1.55. The third-order valence-corrected chi connectivity index (χ3v) is 7.10. The molecule has 10 nitrogen and oxygen atoms in total. The normalized spacial score (nSPS) is 14.8. The van der Waals surface area contributed by atoms with Gasteiger partial charge in [-0.3, -0.25) is 18.6 Å². The molecule has 0 rings (SSSR count). The van der Waals surface area contributed by atoms with Crippen LogP contribution in [0.3, 0.4) is 0 Å². The number of hydrogen-bond acceptors (Lipinski definition) is 9. The van der Waals surface area contributed by atoms with Crippen molar-refractivity contribution >= 4 is 19.8 Å². The number of carbonyl (C=O) groups is 2. The number of hydrogen-bond donors (Lipinski definition) is 3. The summed E-state index contributed by atoms with van der Waals surface area (Å²) in [6.45, 7) is 1.96. The predicted molar refractivity (Wildman–Crippen MR) is 159 cm³/mol. The first-order valence-corrected chi connectivity index (χ1v) is 16.8. The maximum atomic E-state index is 12.2. The molecule has 0 fully saturated rings. The second-order valence-corrected chi connectivity index (χ2v) is 11.5. The fourth-order valence-electron chi connectivity index (χ4n) is 3.74. The molecule has 0 saturated heterocycles. The Balaban J connectivity index is 4.08. The van der Waals surface area contributed by atoms with Gasteiger partial charge in [0, 0.05) is 12.8 Å². The van der Waals surface area contributed by atoms with Gasteiger partial charge in [-0.2, -0.15) is 0 Å². The molecule has 0 heterocycles. The van der Waals surface area contributed by atoms with E-state index in [1.165, 1.54) is 6.42 Å². The summed E-state index contributed by atoms with van der Waals surface area (Å²) in [7, 11) is -4.61. The van der Waals surface area contributed by atoms with Crippen LogP contribution in [-0.4, -0.2) is 65.7 Å². The average Bonchev–Trinajstić information content (AvgIpc) is 2.95. The maximum Gasteiger partial charge on any atom is 0.472 e. The van der Waals surface area contributed by atoms with E-state index in [0.29, 0.717) is 12.8 Å². The summed E-state index contributed by atoms with van der Waals surface area (Å²) in [5.41, 5.74) is 0. The van der Waals surface area contributed by atoms with E-state index in [-0.39, 0.29) is 12.8 Å². The van der Waals surface area contributed by atoms with Gasteiger partial charge in [-0.1, -0.05) is 89.5 Å². The Morgan fingerprint density at radius 2 is 1.12 bits per heavy atom. The van der Waals surface area contributed by atoms with Crippen LogP contribution in [0.2, 0.25) is 0 Å². The lowest BCUT2D eigenvalue weighted by molar-refractivity contribution is -0.153. The Morgan fingerprint density at radius 3 is 1.61 bits per heavy atom. The molecule has 0 bridgehead atoms. The van der Waals surface area contributed by atoms with Crippen molar-refractivity contribution in [2.24, 2.45) is 0 Å². The van der Waals surface area contributed by atoms with Crippen LogP contribution < -0.4 is 0 Å². The van der Waals surface area contributed by atoms with E-state index in [0.717, 1.165) is 70.6 Å².